The highest BCUT2D eigenvalue weighted by Crippen LogP contribution is 2.20. The van der Waals surface area contributed by atoms with Crippen LogP contribution in [0.25, 0.3) is 0 Å². The Kier molecular flexibility index (Phi) is 5.46. The summed E-state index contributed by atoms with van der Waals surface area (Å²) in [6, 6.07) is 5.90. The number of methoxy groups -OCH3 is 1. The fourth-order valence-electron chi connectivity index (χ4n) is 1.70. The number of thiazole rings is 1. The average Bonchev–Trinajstić information content (AvgIpc) is 2.84. The molecule has 0 amide bonds. The van der Waals surface area contributed by atoms with E-state index in [9.17, 15) is 9.50 Å². The number of aliphatic hydroxyl groups excluding tert-OH is 1. The molecule has 1 aromatic carbocycles. The lowest BCUT2D eigenvalue weighted by Gasteiger charge is -2.04. The number of aliphatic hydroxyl groups is 1. The summed E-state index contributed by atoms with van der Waals surface area (Å²) < 4.78 is 23.3. The van der Waals surface area contributed by atoms with Gasteiger partial charge in [0.05, 0.1) is 35.4 Å². The molecule has 6 heteroatoms. The fourth-order valence-corrected chi connectivity index (χ4v) is 2.62. The average molecular weight is 297 g/mol. The lowest BCUT2D eigenvalue weighted by atomic mass is 10.3. The molecule has 0 aliphatic carbocycles. The maximum Gasteiger partial charge on any atom is 0.123 e. The maximum atomic E-state index is 12.7. The van der Waals surface area contributed by atoms with Gasteiger partial charge in [0.25, 0.3) is 0 Å². The summed E-state index contributed by atoms with van der Waals surface area (Å²) >= 11 is 1.46. The van der Waals surface area contributed by atoms with E-state index in [1.807, 2.05) is 0 Å². The smallest absolute Gasteiger partial charge is 0.123 e. The van der Waals surface area contributed by atoms with E-state index in [1.54, 1.807) is 19.2 Å². The van der Waals surface area contributed by atoms with Gasteiger partial charge in [0.2, 0.25) is 0 Å². The van der Waals surface area contributed by atoms with Crippen LogP contribution in [0.3, 0.4) is 0 Å². The van der Waals surface area contributed by atoms with Gasteiger partial charge in [-0.3, -0.25) is 0 Å². The van der Waals surface area contributed by atoms with E-state index < -0.39 is 0 Å². The highest BCUT2D eigenvalue weighted by Gasteiger charge is 2.10. The van der Waals surface area contributed by atoms with Gasteiger partial charge in [-0.1, -0.05) is 0 Å². The molecule has 1 N–H and O–H groups in total. The van der Waals surface area contributed by atoms with Crippen molar-refractivity contribution in [3.63, 3.8) is 0 Å². The molecule has 0 saturated heterocycles. The Hall–Kier alpha value is -1.50. The lowest BCUT2D eigenvalue weighted by molar-refractivity contribution is 0.178. The fraction of sp³-hybridized carbons (Fsp3) is 0.357. The highest BCUT2D eigenvalue weighted by molar-refractivity contribution is 7.11. The van der Waals surface area contributed by atoms with Gasteiger partial charge in [-0.15, -0.1) is 11.3 Å². The zero-order valence-corrected chi connectivity index (χ0v) is 12.0. The number of rotatable bonds is 7. The Labute approximate surface area is 120 Å². The quantitative estimate of drug-likeness (QED) is 0.853. The summed E-state index contributed by atoms with van der Waals surface area (Å²) in [6.45, 7) is 0.816. The molecule has 20 heavy (non-hydrogen) atoms. The standard InChI is InChI=1S/C14H16FNO3S/c1-18-9-12-13(8-17)20-14(16-12)6-7-19-11-4-2-10(15)3-5-11/h2-5,17H,6-9H2,1H3. The number of hydrogen-bond donors (Lipinski definition) is 1. The molecular weight excluding hydrogens is 281 g/mol. The number of aromatic nitrogens is 1. The lowest BCUT2D eigenvalue weighted by Crippen LogP contribution is -2.01. The third kappa shape index (κ3) is 4.00. The second-order valence-electron chi connectivity index (χ2n) is 4.12. The molecule has 1 aromatic heterocycles. The van der Waals surface area contributed by atoms with E-state index >= 15 is 0 Å². The van der Waals surface area contributed by atoms with Gasteiger partial charge in [-0.05, 0) is 24.3 Å². The van der Waals surface area contributed by atoms with E-state index in [2.05, 4.69) is 4.98 Å². The van der Waals surface area contributed by atoms with Crippen molar-refractivity contribution in [1.82, 2.24) is 4.98 Å². The zero-order chi connectivity index (χ0) is 14.4. The second-order valence-corrected chi connectivity index (χ2v) is 5.29. The second kappa shape index (κ2) is 7.33. The molecule has 0 saturated carbocycles. The van der Waals surface area contributed by atoms with Crippen LogP contribution in [0, 0.1) is 5.82 Å². The van der Waals surface area contributed by atoms with Crippen molar-refractivity contribution in [3.8, 4) is 5.75 Å². The number of hydrogen-bond acceptors (Lipinski definition) is 5. The molecule has 0 atom stereocenters. The van der Waals surface area contributed by atoms with Crippen molar-refractivity contribution in [2.75, 3.05) is 13.7 Å². The van der Waals surface area contributed by atoms with Crippen molar-refractivity contribution in [1.29, 1.82) is 0 Å². The summed E-state index contributed by atoms with van der Waals surface area (Å²) in [5, 5.41) is 10.1. The first-order valence-electron chi connectivity index (χ1n) is 6.18. The van der Waals surface area contributed by atoms with Crippen molar-refractivity contribution in [2.45, 2.75) is 19.6 Å². The minimum Gasteiger partial charge on any atom is -0.493 e. The van der Waals surface area contributed by atoms with E-state index in [-0.39, 0.29) is 12.4 Å². The number of benzene rings is 1. The molecule has 0 aliphatic rings. The maximum absolute atomic E-state index is 12.7. The summed E-state index contributed by atoms with van der Waals surface area (Å²) in [5.41, 5.74) is 0.775. The molecule has 2 rings (SSSR count). The first-order valence-corrected chi connectivity index (χ1v) is 7.00. The summed E-state index contributed by atoms with van der Waals surface area (Å²) in [4.78, 5) is 5.23. The van der Waals surface area contributed by atoms with Crippen LogP contribution in [0.1, 0.15) is 15.6 Å². The van der Waals surface area contributed by atoms with Crippen LogP contribution in [-0.2, 0) is 24.4 Å². The van der Waals surface area contributed by atoms with Crippen LogP contribution in [0.5, 0.6) is 5.75 Å². The molecule has 1 heterocycles. The van der Waals surface area contributed by atoms with Gasteiger partial charge >= 0.3 is 0 Å². The molecular formula is C14H16FNO3S. The molecule has 0 fully saturated rings. The van der Waals surface area contributed by atoms with Crippen LogP contribution in [0.4, 0.5) is 4.39 Å². The molecule has 2 aromatic rings. The molecule has 4 nitrogen and oxygen atoms in total. The van der Waals surface area contributed by atoms with Crippen molar-refractivity contribution in [2.24, 2.45) is 0 Å². The van der Waals surface area contributed by atoms with E-state index in [4.69, 9.17) is 9.47 Å². The number of nitrogens with zero attached hydrogens (tertiary/aromatic N) is 1. The third-order valence-electron chi connectivity index (χ3n) is 2.65. The van der Waals surface area contributed by atoms with Crippen molar-refractivity contribution < 1.29 is 19.0 Å². The van der Waals surface area contributed by atoms with Crippen LogP contribution in [0.2, 0.25) is 0 Å². The Balaban J connectivity index is 1.89. The monoisotopic (exact) mass is 297 g/mol. The van der Waals surface area contributed by atoms with Crippen LogP contribution in [0.15, 0.2) is 24.3 Å². The van der Waals surface area contributed by atoms with Crippen LogP contribution < -0.4 is 4.74 Å². The minimum atomic E-state index is -0.283. The molecule has 0 radical (unpaired) electrons. The van der Waals surface area contributed by atoms with Gasteiger partial charge in [0, 0.05) is 13.5 Å². The molecule has 0 aliphatic heterocycles. The summed E-state index contributed by atoms with van der Waals surface area (Å²) in [6.07, 6.45) is 0.638. The Bertz CT molecular complexity index is 542. The SMILES string of the molecule is COCc1nc(CCOc2ccc(F)cc2)sc1CO. The van der Waals surface area contributed by atoms with E-state index in [1.165, 1.54) is 23.5 Å². The Morgan fingerprint density at radius 3 is 2.70 bits per heavy atom. The van der Waals surface area contributed by atoms with E-state index in [0.717, 1.165) is 15.6 Å². The van der Waals surface area contributed by atoms with Crippen molar-refractivity contribution in [3.05, 3.63) is 45.7 Å². The summed E-state index contributed by atoms with van der Waals surface area (Å²) in [7, 11) is 1.60. The molecule has 0 unspecified atom stereocenters. The first kappa shape index (κ1) is 14.9. The van der Waals surface area contributed by atoms with E-state index in [0.29, 0.717) is 25.4 Å². The van der Waals surface area contributed by atoms with Crippen LogP contribution >= 0.6 is 11.3 Å². The Morgan fingerprint density at radius 2 is 2.05 bits per heavy atom. The minimum absolute atomic E-state index is 0.0326. The van der Waals surface area contributed by atoms with Crippen LogP contribution in [-0.4, -0.2) is 23.8 Å². The largest absolute Gasteiger partial charge is 0.493 e. The number of ether oxygens (including phenoxy) is 2. The predicted molar refractivity (Wildman–Crippen MR) is 74.3 cm³/mol. The Morgan fingerprint density at radius 1 is 1.30 bits per heavy atom. The van der Waals surface area contributed by atoms with Gasteiger partial charge in [0.15, 0.2) is 0 Å². The topological polar surface area (TPSA) is 51.6 Å². The first-order chi connectivity index (χ1) is 9.72. The van der Waals surface area contributed by atoms with Gasteiger partial charge in [-0.2, -0.15) is 0 Å². The zero-order valence-electron chi connectivity index (χ0n) is 11.1. The third-order valence-corrected chi connectivity index (χ3v) is 3.79. The van der Waals surface area contributed by atoms with Gasteiger partial charge < -0.3 is 14.6 Å². The molecule has 0 spiro atoms. The normalized spacial score (nSPS) is 10.8. The van der Waals surface area contributed by atoms with Gasteiger partial charge in [-0.25, -0.2) is 9.37 Å². The predicted octanol–water partition coefficient (Wildman–Crippen LogP) is 2.54. The number of halogens is 1. The van der Waals surface area contributed by atoms with Crippen molar-refractivity contribution >= 4 is 11.3 Å². The van der Waals surface area contributed by atoms with Gasteiger partial charge in [0.1, 0.15) is 11.6 Å². The highest BCUT2D eigenvalue weighted by atomic mass is 32.1. The molecule has 0 bridgehead atoms. The summed E-state index contributed by atoms with van der Waals surface area (Å²) in [5.74, 6) is 0.344. The molecule has 108 valence electrons.